The molecule has 68 valence electrons. The van der Waals surface area contributed by atoms with Crippen molar-refractivity contribution in [2.24, 2.45) is 0 Å². The summed E-state index contributed by atoms with van der Waals surface area (Å²) >= 11 is 1.41. The molecule has 0 unspecified atom stereocenters. The van der Waals surface area contributed by atoms with Crippen molar-refractivity contribution >= 4 is 28.8 Å². The Kier molecular flexibility index (Phi) is 1.81. The number of nitrogens with zero attached hydrogens (tertiary/aromatic N) is 1. The van der Waals surface area contributed by atoms with Crippen molar-refractivity contribution in [2.75, 3.05) is 18.9 Å². The lowest BCUT2D eigenvalue weighted by Gasteiger charge is -2.11. The van der Waals surface area contributed by atoms with Gasteiger partial charge in [0, 0.05) is 17.8 Å². The van der Waals surface area contributed by atoms with Gasteiger partial charge in [0.2, 0.25) is 5.91 Å². The van der Waals surface area contributed by atoms with Gasteiger partial charge in [0.05, 0.1) is 17.8 Å². The molecule has 2 amide bonds. The summed E-state index contributed by atoms with van der Waals surface area (Å²) in [6.45, 7) is 0.123. The van der Waals surface area contributed by atoms with E-state index in [0.29, 0.717) is 11.3 Å². The highest BCUT2D eigenvalue weighted by atomic mass is 32.1. The van der Waals surface area contributed by atoms with Gasteiger partial charge in [-0.15, -0.1) is 11.3 Å². The van der Waals surface area contributed by atoms with Gasteiger partial charge >= 0.3 is 0 Å². The molecule has 1 aliphatic heterocycles. The second kappa shape index (κ2) is 2.85. The van der Waals surface area contributed by atoms with Crippen LogP contribution in [0.5, 0.6) is 0 Å². The zero-order chi connectivity index (χ0) is 9.42. The van der Waals surface area contributed by atoms with E-state index in [1.807, 2.05) is 0 Å². The van der Waals surface area contributed by atoms with Crippen LogP contribution in [0.2, 0.25) is 0 Å². The van der Waals surface area contributed by atoms with Crippen LogP contribution in [0.4, 0.5) is 5.69 Å². The maximum absolute atomic E-state index is 11.6. The Morgan fingerprint density at radius 1 is 1.46 bits per heavy atom. The molecule has 0 fully saturated rings. The zero-order valence-corrected chi connectivity index (χ0v) is 7.85. The molecule has 0 spiro atoms. The Hall–Kier alpha value is -1.36. The molecule has 0 bridgehead atoms. The van der Waals surface area contributed by atoms with Crippen molar-refractivity contribution in [3.63, 3.8) is 0 Å². The molecule has 2 heterocycles. The SMILES string of the molecule is CN1CC(=O)Nc2cscc2C1=O. The minimum Gasteiger partial charge on any atom is -0.332 e. The van der Waals surface area contributed by atoms with Crippen LogP contribution in [0.3, 0.4) is 0 Å². The van der Waals surface area contributed by atoms with Gasteiger partial charge in [-0.3, -0.25) is 9.59 Å². The van der Waals surface area contributed by atoms with Crippen LogP contribution in [0.15, 0.2) is 10.8 Å². The Morgan fingerprint density at radius 3 is 3.00 bits per heavy atom. The highest BCUT2D eigenvalue weighted by Crippen LogP contribution is 2.23. The monoisotopic (exact) mass is 196 g/mol. The summed E-state index contributed by atoms with van der Waals surface area (Å²) < 4.78 is 0. The van der Waals surface area contributed by atoms with E-state index in [4.69, 9.17) is 0 Å². The van der Waals surface area contributed by atoms with Crippen molar-refractivity contribution in [1.29, 1.82) is 0 Å². The molecule has 0 saturated heterocycles. The molecule has 0 saturated carbocycles. The van der Waals surface area contributed by atoms with Gasteiger partial charge in [-0.1, -0.05) is 0 Å². The van der Waals surface area contributed by atoms with Crippen LogP contribution >= 0.6 is 11.3 Å². The van der Waals surface area contributed by atoms with E-state index >= 15 is 0 Å². The number of hydrogen-bond acceptors (Lipinski definition) is 3. The Bertz CT molecular complexity index is 372. The van der Waals surface area contributed by atoms with Gasteiger partial charge in [-0.25, -0.2) is 0 Å². The number of carbonyl (C=O) groups is 2. The van der Waals surface area contributed by atoms with Crippen LogP contribution in [-0.2, 0) is 4.79 Å². The number of fused-ring (bicyclic) bond motifs is 1. The van der Waals surface area contributed by atoms with Crippen molar-refractivity contribution in [3.8, 4) is 0 Å². The molecule has 2 rings (SSSR count). The average molecular weight is 196 g/mol. The molecule has 4 nitrogen and oxygen atoms in total. The first-order valence-electron chi connectivity index (χ1n) is 3.80. The number of thiophene rings is 1. The molecule has 0 radical (unpaired) electrons. The summed E-state index contributed by atoms with van der Waals surface area (Å²) in [7, 11) is 1.62. The van der Waals surface area contributed by atoms with Crippen molar-refractivity contribution in [3.05, 3.63) is 16.3 Å². The van der Waals surface area contributed by atoms with Gasteiger partial charge in [0.15, 0.2) is 0 Å². The molecule has 13 heavy (non-hydrogen) atoms. The minimum atomic E-state index is -0.145. The first kappa shape index (κ1) is 8.25. The van der Waals surface area contributed by atoms with Crippen LogP contribution < -0.4 is 5.32 Å². The Balaban J connectivity index is 2.47. The fourth-order valence-electron chi connectivity index (χ4n) is 1.24. The third-order valence-electron chi connectivity index (χ3n) is 1.89. The smallest absolute Gasteiger partial charge is 0.257 e. The van der Waals surface area contributed by atoms with Crippen LogP contribution in [0, 0.1) is 0 Å². The maximum atomic E-state index is 11.6. The van der Waals surface area contributed by atoms with E-state index in [0.717, 1.165) is 0 Å². The summed E-state index contributed by atoms with van der Waals surface area (Å²) in [5.41, 5.74) is 1.21. The summed E-state index contributed by atoms with van der Waals surface area (Å²) in [6.07, 6.45) is 0. The zero-order valence-electron chi connectivity index (χ0n) is 7.03. The topological polar surface area (TPSA) is 49.4 Å². The molecule has 0 atom stereocenters. The second-order valence-corrected chi connectivity index (χ2v) is 3.65. The largest absolute Gasteiger partial charge is 0.332 e. The molecular weight excluding hydrogens is 188 g/mol. The number of nitrogens with one attached hydrogen (secondary N) is 1. The first-order chi connectivity index (χ1) is 6.18. The second-order valence-electron chi connectivity index (χ2n) is 2.91. The molecule has 0 aliphatic carbocycles. The van der Waals surface area contributed by atoms with E-state index in [-0.39, 0.29) is 18.4 Å². The standard InChI is InChI=1S/C8H8N2O2S/c1-10-2-7(11)9-6-4-13-3-5(6)8(10)12/h3-4H,2H2,1H3,(H,9,11). The van der Waals surface area contributed by atoms with E-state index in [2.05, 4.69) is 5.32 Å². The fourth-order valence-corrected chi connectivity index (χ4v) is 2.00. The van der Waals surface area contributed by atoms with Gasteiger partial charge in [-0.2, -0.15) is 0 Å². The quantitative estimate of drug-likeness (QED) is 0.666. The molecule has 1 N–H and O–H groups in total. The fraction of sp³-hybridized carbons (Fsp3) is 0.250. The highest BCUT2D eigenvalue weighted by Gasteiger charge is 2.23. The molecule has 0 aromatic carbocycles. The summed E-state index contributed by atoms with van der Waals surface area (Å²) in [4.78, 5) is 24.2. The normalized spacial score (nSPS) is 16.5. The number of hydrogen-bond donors (Lipinski definition) is 1. The number of amides is 2. The van der Waals surface area contributed by atoms with E-state index in [1.54, 1.807) is 17.8 Å². The summed E-state index contributed by atoms with van der Waals surface area (Å²) in [5.74, 6) is -0.248. The van der Waals surface area contributed by atoms with Crippen LogP contribution in [0.1, 0.15) is 10.4 Å². The Morgan fingerprint density at radius 2 is 2.23 bits per heavy atom. The van der Waals surface area contributed by atoms with Crippen molar-refractivity contribution in [2.45, 2.75) is 0 Å². The minimum absolute atomic E-state index is 0.102. The molecule has 5 heteroatoms. The van der Waals surface area contributed by atoms with Crippen molar-refractivity contribution < 1.29 is 9.59 Å². The molecule has 1 aromatic rings. The summed E-state index contributed by atoms with van der Waals surface area (Å²) in [6, 6.07) is 0. The molecule has 1 aromatic heterocycles. The lowest BCUT2D eigenvalue weighted by atomic mass is 10.3. The number of likely N-dealkylation sites (N-methyl/N-ethyl adjacent to an activating group) is 1. The third-order valence-corrected chi connectivity index (χ3v) is 2.64. The predicted octanol–water partition coefficient (Wildman–Crippen LogP) is 0.772. The van der Waals surface area contributed by atoms with Gasteiger partial charge in [0.1, 0.15) is 0 Å². The van der Waals surface area contributed by atoms with Crippen LogP contribution in [-0.4, -0.2) is 30.3 Å². The molecule has 1 aliphatic rings. The molecular formula is C8H8N2O2S. The third kappa shape index (κ3) is 1.31. The van der Waals surface area contributed by atoms with E-state index in [9.17, 15) is 9.59 Å². The maximum Gasteiger partial charge on any atom is 0.257 e. The van der Waals surface area contributed by atoms with Crippen LogP contribution in [0.25, 0.3) is 0 Å². The predicted molar refractivity (Wildman–Crippen MR) is 49.9 cm³/mol. The summed E-state index contributed by atoms with van der Waals surface area (Å²) in [5, 5.41) is 6.19. The van der Waals surface area contributed by atoms with E-state index < -0.39 is 0 Å². The number of carbonyl (C=O) groups excluding carboxylic acids is 2. The first-order valence-corrected chi connectivity index (χ1v) is 4.74. The van der Waals surface area contributed by atoms with Gasteiger partial charge in [-0.05, 0) is 0 Å². The van der Waals surface area contributed by atoms with Gasteiger partial charge in [0.25, 0.3) is 5.91 Å². The lowest BCUT2D eigenvalue weighted by Crippen LogP contribution is -2.31. The number of rotatable bonds is 0. The average Bonchev–Trinajstić information content (AvgIpc) is 2.47. The Labute approximate surface area is 79.2 Å². The van der Waals surface area contributed by atoms with Crippen molar-refractivity contribution in [1.82, 2.24) is 4.90 Å². The highest BCUT2D eigenvalue weighted by molar-refractivity contribution is 7.08. The van der Waals surface area contributed by atoms with Gasteiger partial charge < -0.3 is 10.2 Å². The van der Waals surface area contributed by atoms with E-state index in [1.165, 1.54) is 16.2 Å². The number of anilines is 1. The lowest BCUT2D eigenvalue weighted by molar-refractivity contribution is -0.116.